The maximum absolute atomic E-state index is 13.5. The van der Waals surface area contributed by atoms with Crippen LogP contribution in [0.25, 0.3) is 0 Å². The molecule has 0 heterocycles. The summed E-state index contributed by atoms with van der Waals surface area (Å²) < 4.78 is 13.5. The topological polar surface area (TPSA) is 26.0 Å². The van der Waals surface area contributed by atoms with Crippen LogP contribution in [0.2, 0.25) is 5.02 Å². The fourth-order valence-corrected chi connectivity index (χ4v) is 1.81. The summed E-state index contributed by atoms with van der Waals surface area (Å²) in [5.41, 5.74) is 6.52. The average Bonchev–Trinajstić information content (AvgIpc) is 2.25. The van der Waals surface area contributed by atoms with Crippen LogP contribution in [0.1, 0.15) is 24.8 Å². The van der Waals surface area contributed by atoms with Gasteiger partial charge in [-0.15, -0.1) is 6.58 Å². The lowest BCUT2D eigenvalue weighted by atomic mass is 10.0. The van der Waals surface area contributed by atoms with Crippen LogP contribution in [-0.2, 0) is 6.42 Å². The summed E-state index contributed by atoms with van der Waals surface area (Å²) in [4.78, 5) is 0. The van der Waals surface area contributed by atoms with E-state index in [2.05, 4.69) is 6.58 Å². The molecule has 0 aromatic heterocycles. The van der Waals surface area contributed by atoms with Crippen LogP contribution in [0.15, 0.2) is 30.9 Å². The molecule has 88 valence electrons. The van der Waals surface area contributed by atoms with Crippen LogP contribution in [0.3, 0.4) is 0 Å². The molecule has 1 rings (SSSR count). The zero-order valence-electron chi connectivity index (χ0n) is 9.26. The molecule has 0 amide bonds. The van der Waals surface area contributed by atoms with Crippen molar-refractivity contribution in [3.8, 4) is 0 Å². The number of rotatable bonds is 6. The van der Waals surface area contributed by atoms with Gasteiger partial charge in [-0.3, -0.25) is 0 Å². The quantitative estimate of drug-likeness (QED) is 0.596. The maximum atomic E-state index is 13.5. The first-order valence-electron chi connectivity index (χ1n) is 5.44. The van der Waals surface area contributed by atoms with Gasteiger partial charge in [0.05, 0.1) is 5.02 Å². The lowest BCUT2D eigenvalue weighted by molar-refractivity contribution is 0.554. The van der Waals surface area contributed by atoms with Gasteiger partial charge < -0.3 is 5.73 Å². The second-order valence-electron chi connectivity index (χ2n) is 3.90. The minimum atomic E-state index is -0.344. The highest BCUT2D eigenvalue weighted by molar-refractivity contribution is 6.30. The Morgan fingerprint density at radius 3 is 2.94 bits per heavy atom. The molecule has 1 unspecified atom stereocenters. The van der Waals surface area contributed by atoms with E-state index < -0.39 is 0 Å². The third-order valence-electron chi connectivity index (χ3n) is 2.50. The van der Waals surface area contributed by atoms with Crippen molar-refractivity contribution in [1.29, 1.82) is 0 Å². The summed E-state index contributed by atoms with van der Waals surface area (Å²) in [5.74, 6) is -0.344. The van der Waals surface area contributed by atoms with Crippen LogP contribution >= 0.6 is 11.6 Å². The van der Waals surface area contributed by atoms with Gasteiger partial charge in [0.1, 0.15) is 5.82 Å². The first-order chi connectivity index (χ1) is 7.65. The monoisotopic (exact) mass is 241 g/mol. The van der Waals surface area contributed by atoms with Crippen molar-refractivity contribution in [1.82, 2.24) is 0 Å². The van der Waals surface area contributed by atoms with Crippen LogP contribution < -0.4 is 5.73 Å². The smallest absolute Gasteiger partial charge is 0.145 e. The van der Waals surface area contributed by atoms with E-state index in [1.165, 1.54) is 0 Å². The molecule has 1 aromatic rings. The third-order valence-corrected chi connectivity index (χ3v) is 2.79. The van der Waals surface area contributed by atoms with Gasteiger partial charge in [0.2, 0.25) is 0 Å². The van der Waals surface area contributed by atoms with Crippen molar-refractivity contribution in [2.24, 2.45) is 5.73 Å². The first kappa shape index (κ1) is 13.2. The van der Waals surface area contributed by atoms with Crippen LogP contribution in [0.4, 0.5) is 4.39 Å². The molecule has 1 atom stereocenters. The largest absolute Gasteiger partial charge is 0.327 e. The second-order valence-corrected chi connectivity index (χ2v) is 4.30. The molecule has 2 N–H and O–H groups in total. The van der Waals surface area contributed by atoms with E-state index in [1.807, 2.05) is 6.08 Å². The lowest BCUT2D eigenvalue weighted by Crippen LogP contribution is -2.23. The summed E-state index contributed by atoms with van der Waals surface area (Å²) in [6.45, 7) is 3.65. The number of benzene rings is 1. The predicted molar refractivity (Wildman–Crippen MR) is 67.1 cm³/mol. The van der Waals surface area contributed by atoms with Crippen LogP contribution in [-0.4, -0.2) is 6.04 Å². The van der Waals surface area contributed by atoms with Gasteiger partial charge in [-0.1, -0.05) is 29.8 Å². The minimum absolute atomic E-state index is 0.0204. The first-order valence-corrected chi connectivity index (χ1v) is 5.82. The van der Waals surface area contributed by atoms with Crippen molar-refractivity contribution >= 4 is 11.6 Å². The summed E-state index contributed by atoms with van der Waals surface area (Å²) in [5, 5.41) is 0.163. The van der Waals surface area contributed by atoms with Crippen LogP contribution in [0.5, 0.6) is 0 Å². The van der Waals surface area contributed by atoms with E-state index in [0.717, 1.165) is 19.3 Å². The van der Waals surface area contributed by atoms with E-state index in [1.54, 1.807) is 18.2 Å². The van der Waals surface area contributed by atoms with Gasteiger partial charge in [-0.25, -0.2) is 4.39 Å². The molecule has 0 radical (unpaired) electrons. The molecule has 0 saturated heterocycles. The number of unbranched alkanes of at least 4 members (excludes halogenated alkanes) is 1. The summed E-state index contributed by atoms with van der Waals surface area (Å²) in [6.07, 6.45) is 5.22. The van der Waals surface area contributed by atoms with Gasteiger partial charge in [0.15, 0.2) is 0 Å². The standard InChI is InChI=1S/C13H17ClFN/c1-2-3-4-7-11(16)9-10-6-5-8-12(14)13(10)15/h2,5-6,8,11H,1,3-4,7,9,16H2. The molecule has 1 nitrogen and oxygen atoms in total. The predicted octanol–water partition coefficient (Wildman–Crippen LogP) is 3.71. The Kier molecular flexibility index (Phi) is 5.50. The zero-order valence-corrected chi connectivity index (χ0v) is 10.0. The molecule has 3 heteroatoms. The Morgan fingerprint density at radius 2 is 2.25 bits per heavy atom. The zero-order chi connectivity index (χ0) is 12.0. The summed E-state index contributed by atoms with van der Waals surface area (Å²) in [6, 6.07) is 5.00. The van der Waals surface area contributed by atoms with Gasteiger partial charge in [0.25, 0.3) is 0 Å². The molecular weight excluding hydrogens is 225 g/mol. The molecule has 0 aliphatic heterocycles. The van der Waals surface area contributed by atoms with Gasteiger partial charge >= 0.3 is 0 Å². The molecule has 16 heavy (non-hydrogen) atoms. The summed E-state index contributed by atoms with van der Waals surface area (Å²) in [7, 11) is 0. The average molecular weight is 242 g/mol. The van der Waals surface area contributed by atoms with Gasteiger partial charge in [0, 0.05) is 6.04 Å². The van der Waals surface area contributed by atoms with Crippen molar-refractivity contribution in [2.45, 2.75) is 31.7 Å². The van der Waals surface area contributed by atoms with E-state index >= 15 is 0 Å². The normalized spacial score (nSPS) is 12.4. The highest BCUT2D eigenvalue weighted by atomic mass is 35.5. The van der Waals surface area contributed by atoms with E-state index in [0.29, 0.717) is 12.0 Å². The Morgan fingerprint density at radius 1 is 1.50 bits per heavy atom. The van der Waals surface area contributed by atoms with Crippen molar-refractivity contribution in [3.63, 3.8) is 0 Å². The van der Waals surface area contributed by atoms with Crippen molar-refractivity contribution in [3.05, 3.63) is 47.3 Å². The Hall–Kier alpha value is -0.860. The molecule has 0 saturated carbocycles. The van der Waals surface area contributed by atoms with E-state index in [9.17, 15) is 4.39 Å². The molecule has 0 aliphatic carbocycles. The second kappa shape index (κ2) is 6.66. The molecule has 0 aliphatic rings. The fraction of sp³-hybridized carbons (Fsp3) is 0.385. The molecule has 0 spiro atoms. The van der Waals surface area contributed by atoms with Gasteiger partial charge in [-0.2, -0.15) is 0 Å². The summed E-state index contributed by atoms with van der Waals surface area (Å²) >= 11 is 5.69. The number of hydrogen-bond acceptors (Lipinski definition) is 1. The highest BCUT2D eigenvalue weighted by Crippen LogP contribution is 2.19. The number of allylic oxidation sites excluding steroid dienone is 1. The molecule has 0 bridgehead atoms. The Labute approximate surface area is 101 Å². The van der Waals surface area contributed by atoms with Gasteiger partial charge in [-0.05, 0) is 37.3 Å². The molecule has 0 fully saturated rings. The van der Waals surface area contributed by atoms with Crippen molar-refractivity contribution in [2.75, 3.05) is 0 Å². The Balaban J connectivity index is 2.52. The fourth-order valence-electron chi connectivity index (χ4n) is 1.62. The van der Waals surface area contributed by atoms with E-state index in [4.69, 9.17) is 17.3 Å². The molecule has 1 aromatic carbocycles. The minimum Gasteiger partial charge on any atom is -0.327 e. The Bertz CT molecular complexity index is 352. The maximum Gasteiger partial charge on any atom is 0.145 e. The SMILES string of the molecule is C=CCCCC(N)Cc1cccc(Cl)c1F. The number of halogens is 2. The van der Waals surface area contributed by atoms with Crippen molar-refractivity contribution < 1.29 is 4.39 Å². The number of nitrogens with two attached hydrogens (primary N) is 1. The van der Waals surface area contributed by atoms with E-state index in [-0.39, 0.29) is 16.9 Å². The highest BCUT2D eigenvalue weighted by Gasteiger charge is 2.10. The lowest BCUT2D eigenvalue weighted by Gasteiger charge is -2.12. The third kappa shape index (κ3) is 3.95. The van der Waals surface area contributed by atoms with Crippen LogP contribution in [0, 0.1) is 5.82 Å². The molecular formula is C13H17ClFN. The number of hydrogen-bond donors (Lipinski definition) is 1.